The second kappa shape index (κ2) is 26.9. The number of piperazine rings is 2. The highest BCUT2D eigenvalue weighted by Crippen LogP contribution is 2.48. The molecule has 6 aliphatic heterocycles. The minimum atomic E-state index is -2.36. The number of methoxy groups -OCH3 is 1. The number of imide groups is 1. The lowest BCUT2D eigenvalue weighted by molar-refractivity contribution is -0.120. The molecule has 3 atom stereocenters. The fraction of sp³-hybridized carbons (Fsp3) is 0.597. The Balaban J connectivity index is 0.737. The van der Waals surface area contributed by atoms with E-state index in [9.17, 15) is 19.2 Å². The molecule has 94 heavy (non-hydrogen) atoms. The number of amides is 5. The first-order chi connectivity index (χ1) is 44.9. The molecule has 6 saturated heterocycles. The van der Waals surface area contributed by atoms with Crippen LogP contribution in [0.5, 0.6) is 11.8 Å². The summed E-state index contributed by atoms with van der Waals surface area (Å²) >= 11 is 0. The number of nitrogens with zero attached hydrogens (tertiary/aromatic N) is 9. The molecule has 2 bridgehead atoms. The zero-order valence-corrected chi connectivity index (χ0v) is 57.8. The normalized spacial score (nSPS) is 21.8. The summed E-state index contributed by atoms with van der Waals surface area (Å²) in [5, 5.41) is 3.79. The van der Waals surface area contributed by atoms with E-state index in [2.05, 4.69) is 73.0 Å². The molecule has 3 aromatic carbocycles. The number of anilines is 2. The fourth-order valence-corrected chi connectivity index (χ4v) is 21.2. The van der Waals surface area contributed by atoms with E-state index in [1.54, 1.807) is 30.5 Å². The van der Waals surface area contributed by atoms with Crippen LogP contribution in [0.3, 0.4) is 0 Å². The molecule has 19 nitrogen and oxygen atoms in total. The Bertz CT molecular complexity index is 3730. The number of urea groups is 1. The lowest BCUT2D eigenvalue weighted by atomic mass is 9.73. The van der Waals surface area contributed by atoms with Crippen LogP contribution in [0, 0.1) is 40.9 Å². The number of piperidine rings is 1. The summed E-state index contributed by atoms with van der Waals surface area (Å²) in [7, 11) is -0.837. The van der Waals surface area contributed by atoms with Gasteiger partial charge in [0.05, 0.1) is 42.4 Å². The summed E-state index contributed by atoms with van der Waals surface area (Å²) < 4.78 is 65.5. The Kier molecular flexibility index (Phi) is 19.1. The van der Waals surface area contributed by atoms with Crippen LogP contribution in [-0.2, 0) is 19.0 Å². The number of halogens is 2. The number of rotatable bonds is 17. The molecular weight excluding hydrogens is 1210 g/mol. The number of hydrogen-bond acceptors (Lipinski definition) is 15. The maximum Gasteiger partial charge on any atom is 0.410 e. The van der Waals surface area contributed by atoms with Crippen molar-refractivity contribution in [2.75, 3.05) is 109 Å². The summed E-state index contributed by atoms with van der Waals surface area (Å²) in [5.74, 6) is 2.65. The van der Waals surface area contributed by atoms with E-state index >= 15 is 8.78 Å². The maximum atomic E-state index is 18.3. The summed E-state index contributed by atoms with van der Waals surface area (Å²) in [6.07, 6.45) is 8.90. The monoisotopic (exact) mass is 1310 g/mol. The molecule has 5 amide bonds. The highest BCUT2D eigenvalue weighted by Gasteiger charge is 2.48. The van der Waals surface area contributed by atoms with Crippen molar-refractivity contribution in [2.45, 2.75) is 167 Å². The molecule has 3 unspecified atom stereocenters. The van der Waals surface area contributed by atoms with Gasteiger partial charge in [0, 0.05) is 119 Å². The molecule has 7 aliphatic rings. The number of nitrogens with one attached hydrogen (secondary N) is 1. The van der Waals surface area contributed by atoms with E-state index in [1.165, 1.54) is 18.1 Å². The molecule has 504 valence electrons. The zero-order chi connectivity index (χ0) is 66.6. The maximum absolute atomic E-state index is 18.3. The van der Waals surface area contributed by atoms with Crippen molar-refractivity contribution in [1.29, 1.82) is 0 Å². The van der Waals surface area contributed by atoms with Crippen LogP contribution in [0.2, 0.25) is 16.6 Å². The first-order valence-electron chi connectivity index (χ1n) is 34.1. The lowest BCUT2D eigenvalue weighted by Gasteiger charge is -2.46. The fourth-order valence-electron chi connectivity index (χ4n) is 16.0. The van der Waals surface area contributed by atoms with Gasteiger partial charge in [-0.1, -0.05) is 59.6 Å². The Morgan fingerprint density at radius 3 is 2.18 bits per heavy atom. The standard InChI is InChI=1S/C72H94F2N10O9Si/c1-45(2)94(46(3)4,47(5)6)33-20-55-58(73)17-14-49-34-54(92-44-89-11)36-56(61(49)55)63-62(74)64-57(37-75-63)65(82-38-51-15-16-52(39-82)84(51)69(88)93-70(8,9)10)78-67(77-64)91-43-72(22-23-72)41-80-31-29-79(30-32-80)40-53-18-21-71(42-90-53)24-27-81(28-25-71)66(86)50-13-12-48(7)59(35-50)83-26-19-60(85)76-68(83)87/h12-14,17,34-37,45-47,51-53H,15-16,18-19,21-32,38-44H2,1-11H3,(H,76,85,87). The van der Waals surface area contributed by atoms with Crippen molar-refractivity contribution < 1.29 is 51.6 Å². The van der Waals surface area contributed by atoms with E-state index < -0.39 is 31.3 Å². The van der Waals surface area contributed by atoms with E-state index in [-0.39, 0.29) is 89.5 Å². The summed E-state index contributed by atoms with van der Waals surface area (Å²) in [6, 6.07) is 11.3. The van der Waals surface area contributed by atoms with Gasteiger partial charge in [-0.2, -0.15) is 9.97 Å². The van der Waals surface area contributed by atoms with Gasteiger partial charge in [-0.25, -0.2) is 18.4 Å². The summed E-state index contributed by atoms with van der Waals surface area (Å²) in [6.45, 7) is 29.6. The number of carbonyl (C=O) groups is 4. The van der Waals surface area contributed by atoms with Gasteiger partial charge in [0.1, 0.15) is 42.3 Å². The van der Waals surface area contributed by atoms with Gasteiger partial charge in [-0.15, -0.1) is 5.54 Å². The first-order valence-corrected chi connectivity index (χ1v) is 36.3. The van der Waals surface area contributed by atoms with Gasteiger partial charge in [0.15, 0.2) is 12.6 Å². The molecule has 1 N–H and O–H groups in total. The Labute approximate surface area is 552 Å². The third-order valence-electron chi connectivity index (χ3n) is 21.4. The minimum Gasteiger partial charge on any atom is -0.468 e. The Hall–Kier alpha value is -7.03. The van der Waals surface area contributed by atoms with Gasteiger partial charge >= 0.3 is 18.1 Å². The third kappa shape index (κ3) is 13.7. The molecule has 2 aromatic heterocycles. The molecule has 8 heterocycles. The summed E-state index contributed by atoms with van der Waals surface area (Å²) in [4.78, 5) is 79.4. The predicted octanol–water partition coefficient (Wildman–Crippen LogP) is 11.9. The Morgan fingerprint density at radius 1 is 0.840 bits per heavy atom. The molecule has 7 fully saturated rings. The average molecular weight is 1310 g/mol. The Morgan fingerprint density at radius 2 is 1.54 bits per heavy atom. The first kappa shape index (κ1) is 67.0. The summed E-state index contributed by atoms with van der Waals surface area (Å²) in [5.41, 5.74) is 6.31. The van der Waals surface area contributed by atoms with Gasteiger partial charge < -0.3 is 38.4 Å². The van der Waals surface area contributed by atoms with E-state index in [0.717, 1.165) is 96.2 Å². The van der Waals surface area contributed by atoms with Crippen molar-refractivity contribution in [2.24, 2.45) is 10.8 Å². The molecule has 0 radical (unpaired) electrons. The smallest absolute Gasteiger partial charge is 0.410 e. The molecule has 1 saturated carbocycles. The van der Waals surface area contributed by atoms with E-state index in [0.29, 0.717) is 101 Å². The number of ether oxygens (including phenoxy) is 5. The molecule has 12 rings (SSSR count). The molecule has 22 heteroatoms. The van der Waals surface area contributed by atoms with Crippen LogP contribution in [0.1, 0.15) is 142 Å². The van der Waals surface area contributed by atoms with E-state index in [4.69, 9.17) is 38.6 Å². The highest BCUT2D eigenvalue weighted by atomic mass is 28.3. The number of pyridine rings is 1. The van der Waals surface area contributed by atoms with Crippen molar-refractivity contribution >= 4 is 65.2 Å². The van der Waals surface area contributed by atoms with Crippen LogP contribution >= 0.6 is 0 Å². The molecule has 1 spiro atoms. The van der Waals surface area contributed by atoms with Crippen LogP contribution in [0.15, 0.2) is 48.7 Å². The number of aryl methyl sites for hydroxylation is 1. The second-order valence-corrected chi connectivity index (χ2v) is 35.3. The number of likely N-dealkylation sites (tertiary alicyclic amines) is 1. The van der Waals surface area contributed by atoms with Crippen LogP contribution in [0.25, 0.3) is 32.9 Å². The largest absolute Gasteiger partial charge is 0.468 e. The van der Waals surface area contributed by atoms with Crippen LogP contribution < -0.4 is 24.6 Å². The average Bonchev–Trinajstić information content (AvgIpc) is 0.955. The quantitative estimate of drug-likeness (QED) is 0.0526. The van der Waals surface area contributed by atoms with Crippen LogP contribution in [0.4, 0.5) is 29.9 Å². The van der Waals surface area contributed by atoms with E-state index in [1.807, 2.05) is 49.6 Å². The van der Waals surface area contributed by atoms with Gasteiger partial charge in [-0.05, 0) is 142 Å². The van der Waals surface area contributed by atoms with Gasteiger partial charge in [0.25, 0.3) is 5.91 Å². The number of carbonyl (C=O) groups excluding carboxylic acids is 4. The lowest BCUT2D eigenvalue weighted by Crippen LogP contribution is -2.57. The molecular formula is C72H94F2N10O9Si. The topological polar surface area (TPSA) is 185 Å². The third-order valence-corrected chi connectivity index (χ3v) is 27.7. The van der Waals surface area contributed by atoms with Crippen molar-refractivity contribution in [3.05, 3.63) is 77.0 Å². The number of benzene rings is 3. The number of fused-ring (bicyclic) bond motifs is 4. The SMILES string of the molecule is COCOc1cc(-c2ncc3c(N4CC5CCC(C4)N5C(=O)OC(C)(C)C)nc(OCC4(CN5CCN(CC6CCC7(CCN(C(=O)c8ccc(C)c(N9CCC(=O)NC9=O)c8)CC7)CO6)CC5)CC4)nc3c2F)c2c(C#C[Si](C(C)C)(C(C)C)C(C)C)c(F)ccc2c1. The van der Waals surface area contributed by atoms with Crippen molar-refractivity contribution in [3.8, 4) is 34.5 Å². The zero-order valence-electron chi connectivity index (χ0n) is 56.8. The number of aromatic nitrogens is 3. The van der Waals surface area contributed by atoms with Gasteiger partial charge in [-0.3, -0.25) is 34.6 Å². The minimum absolute atomic E-state index is 0.00965. The van der Waals surface area contributed by atoms with Crippen molar-refractivity contribution in [1.82, 2.24) is 39.9 Å². The van der Waals surface area contributed by atoms with Crippen molar-refractivity contribution in [3.63, 3.8) is 0 Å². The highest BCUT2D eigenvalue weighted by molar-refractivity contribution is 6.90. The predicted molar refractivity (Wildman–Crippen MR) is 361 cm³/mol. The number of hydrogen-bond donors (Lipinski definition) is 1. The van der Waals surface area contributed by atoms with Crippen LogP contribution in [-0.4, -0.2) is 189 Å². The second-order valence-electron chi connectivity index (χ2n) is 29.8. The molecule has 5 aromatic rings. The van der Waals surface area contributed by atoms with Gasteiger partial charge in [0.2, 0.25) is 5.91 Å². The molecule has 1 aliphatic carbocycles.